The molecule has 0 aliphatic heterocycles. The first-order valence-corrected chi connectivity index (χ1v) is 13.6. The predicted molar refractivity (Wildman–Crippen MR) is 151 cm³/mol. The Bertz CT molecular complexity index is 1010. The molecule has 1 rings (SSSR count). The quantitative estimate of drug-likeness (QED) is 0.205. The van der Waals surface area contributed by atoms with E-state index < -0.39 is 41.6 Å². The van der Waals surface area contributed by atoms with Crippen molar-refractivity contribution in [3.8, 4) is 12.3 Å². The fourth-order valence-electron chi connectivity index (χ4n) is 3.96. The van der Waals surface area contributed by atoms with E-state index >= 15 is 0 Å². The van der Waals surface area contributed by atoms with Crippen LogP contribution in [0.2, 0.25) is 0 Å². The second-order valence-corrected chi connectivity index (χ2v) is 10.6. The maximum Gasteiger partial charge on any atom is 0.408 e. The van der Waals surface area contributed by atoms with Crippen LogP contribution in [0.1, 0.15) is 91.3 Å². The molecule has 9 heteroatoms. The highest BCUT2D eigenvalue weighted by Crippen LogP contribution is 2.27. The maximum atomic E-state index is 14.1. The number of alkyl carbamates (subject to hydrolysis) is 1. The van der Waals surface area contributed by atoms with Crippen molar-refractivity contribution in [3.63, 3.8) is 0 Å². The van der Waals surface area contributed by atoms with Crippen molar-refractivity contribution >= 4 is 23.9 Å². The van der Waals surface area contributed by atoms with Gasteiger partial charge in [-0.25, -0.2) is 4.79 Å². The number of nitrogens with one attached hydrogen (secondary N) is 2. The van der Waals surface area contributed by atoms with E-state index in [0.29, 0.717) is 17.5 Å². The van der Waals surface area contributed by atoms with Gasteiger partial charge in [0.1, 0.15) is 17.7 Å². The van der Waals surface area contributed by atoms with Crippen molar-refractivity contribution in [1.82, 2.24) is 15.5 Å². The molecule has 1 aromatic carbocycles. The summed E-state index contributed by atoms with van der Waals surface area (Å²) in [6, 6.07) is 4.92. The SMILES string of the molecule is C#Cc1ccccc1C(C(=O)NCCC(=O)OCC)N(CCCCC)C(=O)C(NC(=O)OC(C)(C)C)C(C)C. The number of amides is 3. The van der Waals surface area contributed by atoms with Crippen molar-refractivity contribution in [2.24, 2.45) is 5.92 Å². The Morgan fingerprint density at radius 2 is 1.74 bits per heavy atom. The van der Waals surface area contributed by atoms with Gasteiger partial charge >= 0.3 is 12.1 Å². The van der Waals surface area contributed by atoms with Gasteiger partial charge in [0.05, 0.1) is 13.0 Å². The second-order valence-electron chi connectivity index (χ2n) is 10.6. The number of carbonyl (C=O) groups excluding carboxylic acids is 4. The number of carbonyl (C=O) groups is 4. The molecular formula is C30H45N3O6. The monoisotopic (exact) mass is 543 g/mol. The smallest absolute Gasteiger partial charge is 0.408 e. The lowest BCUT2D eigenvalue weighted by Gasteiger charge is -2.36. The van der Waals surface area contributed by atoms with Gasteiger partial charge in [0.2, 0.25) is 11.8 Å². The number of rotatable bonds is 14. The van der Waals surface area contributed by atoms with Gasteiger partial charge in [0.15, 0.2) is 0 Å². The van der Waals surface area contributed by atoms with E-state index in [1.807, 2.05) is 20.8 Å². The molecule has 0 aliphatic rings. The van der Waals surface area contributed by atoms with Gasteiger partial charge in [-0.15, -0.1) is 6.42 Å². The molecule has 3 amide bonds. The molecule has 0 aliphatic carbocycles. The Labute approximate surface area is 233 Å². The van der Waals surface area contributed by atoms with Crippen molar-refractivity contribution in [3.05, 3.63) is 35.4 Å². The zero-order chi connectivity index (χ0) is 29.6. The Hall–Kier alpha value is -3.54. The lowest BCUT2D eigenvalue weighted by Crippen LogP contribution is -2.55. The molecule has 2 unspecified atom stereocenters. The summed E-state index contributed by atoms with van der Waals surface area (Å²) in [6.07, 6.45) is 7.43. The van der Waals surface area contributed by atoms with Crippen LogP contribution < -0.4 is 10.6 Å². The Morgan fingerprint density at radius 3 is 2.31 bits per heavy atom. The van der Waals surface area contributed by atoms with Crippen molar-refractivity contribution in [1.29, 1.82) is 0 Å². The summed E-state index contributed by atoms with van der Waals surface area (Å²) in [7, 11) is 0. The molecule has 0 saturated carbocycles. The van der Waals surface area contributed by atoms with Crippen LogP contribution in [-0.2, 0) is 23.9 Å². The van der Waals surface area contributed by atoms with E-state index in [0.717, 1.165) is 12.8 Å². The standard InChI is InChI=1S/C30H45N3O6/c1-9-12-15-20-33(28(36)25(21(4)5)32-29(37)39-30(6,7)8)26(23-17-14-13-16-22(23)10-2)27(35)31-19-18-24(34)38-11-3/h2,13-14,16-17,21,25-26H,9,11-12,15,18-20H2,1,3-8H3,(H,31,35)(H,32,37). The van der Waals surface area contributed by atoms with Gasteiger partial charge in [-0.1, -0.05) is 57.7 Å². The van der Waals surface area contributed by atoms with Crippen LogP contribution in [0.3, 0.4) is 0 Å². The number of unbranched alkanes of at least 4 members (excludes halogenated alkanes) is 2. The first-order valence-electron chi connectivity index (χ1n) is 13.6. The van der Waals surface area contributed by atoms with Crippen LogP contribution in [0.15, 0.2) is 24.3 Å². The van der Waals surface area contributed by atoms with E-state index in [2.05, 4.69) is 16.6 Å². The summed E-state index contributed by atoms with van der Waals surface area (Å²) >= 11 is 0. The Balaban J connectivity index is 3.49. The molecule has 0 fully saturated rings. The minimum absolute atomic E-state index is 0.0122. The molecule has 0 saturated heterocycles. The highest BCUT2D eigenvalue weighted by Gasteiger charge is 2.38. The third-order valence-electron chi connectivity index (χ3n) is 5.80. The van der Waals surface area contributed by atoms with Gasteiger partial charge in [-0.2, -0.15) is 0 Å². The van der Waals surface area contributed by atoms with Crippen molar-refractivity contribution in [2.45, 2.75) is 91.8 Å². The third-order valence-corrected chi connectivity index (χ3v) is 5.80. The van der Waals surface area contributed by atoms with E-state index in [9.17, 15) is 19.2 Å². The van der Waals surface area contributed by atoms with Crippen LogP contribution >= 0.6 is 0 Å². The molecule has 1 aromatic rings. The lowest BCUT2D eigenvalue weighted by molar-refractivity contribution is -0.144. The van der Waals surface area contributed by atoms with Gasteiger partial charge in [0.25, 0.3) is 0 Å². The highest BCUT2D eigenvalue weighted by molar-refractivity contribution is 5.92. The van der Waals surface area contributed by atoms with Gasteiger partial charge < -0.3 is 25.0 Å². The minimum Gasteiger partial charge on any atom is -0.466 e. The van der Waals surface area contributed by atoms with Crippen LogP contribution in [0, 0.1) is 18.3 Å². The molecule has 0 spiro atoms. The molecule has 2 atom stereocenters. The first kappa shape index (κ1) is 33.5. The average molecular weight is 544 g/mol. The summed E-state index contributed by atoms with van der Waals surface area (Å²) in [5.41, 5.74) is 0.207. The largest absolute Gasteiger partial charge is 0.466 e. The Morgan fingerprint density at radius 1 is 1.08 bits per heavy atom. The van der Waals surface area contributed by atoms with Gasteiger partial charge in [0, 0.05) is 18.7 Å². The normalized spacial score (nSPS) is 12.6. The summed E-state index contributed by atoms with van der Waals surface area (Å²) in [4.78, 5) is 53.8. The number of hydrogen-bond donors (Lipinski definition) is 2. The molecular weight excluding hydrogens is 498 g/mol. The topological polar surface area (TPSA) is 114 Å². The molecule has 9 nitrogen and oxygen atoms in total. The number of nitrogens with zero attached hydrogens (tertiary/aromatic N) is 1. The van der Waals surface area contributed by atoms with E-state index in [1.165, 1.54) is 4.90 Å². The molecule has 0 bridgehead atoms. The molecule has 39 heavy (non-hydrogen) atoms. The van der Waals surface area contributed by atoms with Gasteiger partial charge in [-0.3, -0.25) is 14.4 Å². The predicted octanol–water partition coefficient (Wildman–Crippen LogP) is 4.35. The molecule has 216 valence electrons. The number of esters is 1. The summed E-state index contributed by atoms with van der Waals surface area (Å²) in [6.45, 7) is 13.1. The molecule has 0 aromatic heterocycles. The van der Waals surface area contributed by atoms with E-state index in [1.54, 1.807) is 52.0 Å². The average Bonchev–Trinajstić information content (AvgIpc) is 2.85. The zero-order valence-electron chi connectivity index (χ0n) is 24.5. The van der Waals surface area contributed by atoms with Crippen LogP contribution in [-0.4, -0.2) is 60.1 Å². The van der Waals surface area contributed by atoms with Crippen LogP contribution in [0.5, 0.6) is 0 Å². The number of terminal acetylenes is 1. The summed E-state index contributed by atoms with van der Waals surface area (Å²) in [5, 5.41) is 5.48. The molecule has 0 radical (unpaired) electrons. The molecule has 2 N–H and O–H groups in total. The fourth-order valence-corrected chi connectivity index (χ4v) is 3.96. The fraction of sp³-hybridized carbons (Fsp3) is 0.600. The summed E-state index contributed by atoms with van der Waals surface area (Å²) in [5.74, 6) is 0.973. The number of hydrogen-bond acceptors (Lipinski definition) is 6. The van der Waals surface area contributed by atoms with Crippen molar-refractivity contribution in [2.75, 3.05) is 19.7 Å². The summed E-state index contributed by atoms with van der Waals surface area (Å²) < 4.78 is 10.4. The van der Waals surface area contributed by atoms with Crippen molar-refractivity contribution < 1.29 is 28.7 Å². The molecule has 0 heterocycles. The number of benzene rings is 1. The van der Waals surface area contributed by atoms with E-state index in [-0.39, 0.29) is 32.0 Å². The lowest BCUT2D eigenvalue weighted by atomic mass is 9.95. The highest BCUT2D eigenvalue weighted by atomic mass is 16.6. The van der Waals surface area contributed by atoms with Crippen LogP contribution in [0.4, 0.5) is 4.79 Å². The second kappa shape index (κ2) is 16.4. The van der Waals surface area contributed by atoms with E-state index in [4.69, 9.17) is 15.9 Å². The van der Waals surface area contributed by atoms with Gasteiger partial charge in [-0.05, 0) is 51.7 Å². The zero-order valence-corrected chi connectivity index (χ0v) is 24.5. The minimum atomic E-state index is -1.08. The van der Waals surface area contributed by atoms with Crippen LogP contribution in [0.25, 0.3) is 0 Å². The third kappa shape index (κ3) is 11.4. The Kier molecular flexibility index (Phi) is 14.1. The first-order chi connectivity index (χ1) is 18.4. The maximum absolute atomic E-state index is 14.1. The number of ether oxygens (including phenoxy) is 2.